The molecule has 0 aromatic heterocycles. The lowest BCUT2D eigenvalue weighted by Gasteiger charge is -2.18. The molecule has 0 aromatic rings. The summed E-state index contributed by atoms with van der Waals surface area (Å²) in [6, 6.07) is 0. The average molecular weight is 220 g/mol. The second kappa shape index (κ2) is 4.04. The molecule has 1 fully saturated rings. The molecule has 2 aliphatic rings. The third-order valence-electron chi connectivity index (χ3n) is 3.04. The fourth-order valence-corrected chi connectivity index (χ4v) is 1.85. The first-order chi connectivity index (χ1) is 7.48. The van der Waals surface area contributed by atoms with Crippen LogP contribution >= 0.6 is 0 Å². The maximum Gasteiger partial charge on any atom is 0.225 e. The van der Waals surface area contributed by atoms with Gasteiger partial charge >= 0.3 is 0 Å². The average Bonchev–Trinajstić information content (AvgIpc) is 2.93. The van der Waals surface area contributed by atoms with Crippen molar-refractivity contribution in [1.29, 1.82) is 0 Å². The Labute approximate surface area is 97.0 Å². The summed E-state index contributed by atoms with van der Waals surface area (Å²) in [5.74, 6) is 0.824. The van der Waals surface area contributed by atoms with Gasteiger partial charge in [-0.05, 0) is 24.3 Å². The van der Waals surface area contributed by atoms with Gasteiger partial charge in [0.15, 0.2) is 0 Å². The summed E-state index contributed by atoms with van der Waals surface area (Å²) in [4.78, 5) is 16.2. The Morgan fingerprint density at radius 3 is 2.75 bits per heavy atom. The van der Waals surface area contributed by atoms with E-state index >= 15 is 0 Å². The number of amides is 1. The van der Waals surface area contributed by atoms with E-state index in [9.17, 15) is 4.79 Å². The van der Waals surface area contributed by atoms with Gasteiger partial charge in [-0.1, -0.05) is 26.8 Å². The van der Waals surface area contributed by atoms with Gasteiger partial charge in [-0.2, -0.15) is 0 Å². The topological polar surface area (TPSA) is 41.5 Å². The molecular formula is C13H20N2O. The van der Waals surface area contributed by atoms with E-state index in [-0.39, 0.29) is 11.3 Å². The van der Waals surface area contributed by atoms with Gasteiger partial charge < -0.3 is 5.32 Å². The van der Waals surface area contributed by atoms with Crippen LogP contribution in [0, 0.1) is 11.3 Å². The van der Waals surface area contributed by atoms with E-state index in [4.69, 9.17) is 0 Å². The first-order valence-electron chi connectivity index (χ1n) is 6.00. The second-order valence-corrected chi connectivity index (χ2v) is 5.65. The van der Waals surface area contributed by atoms with Gasteiger partial charge in [0, 0.05) is 5.41 Å². The standard InChI is InChI=1S/C13H20N2O/c1-13(2,3)12(16)15-8-11-10(6-7-14-11)9-4-5-9/h6,9H,4-5,7-8H2,1-3H3,(H,15,16). The summed E-state index contributed by atoms with van der Waals surface area (Å²) < 4.78 is 0. The first kappa shape index (κ1) is 11.4. The van der Waals surface area contributed by atoms with Crippen molar-refractivity contribution in [1.82, 2.24) is 5.32 Å². The molecule has 0 bridgehead atoms. The predicted octanol–water partition coefficient (Wildman–Crippen LogP) is 1.94. The zero-order valence-corrected chi connectivity index (χ0v) is 10.3. The number of carbonyl (C=O) groups excluding carboxylic acids is 1. The molecule has 0 unspecified atom stereocenters. The van der Waals surface area contributed by atoms with Crippen LogP contribution in [0.25, 0.3) is 0 Å². The van der Waals surface area contributed by atoms with E-state index in [1.165, 1.54) is 18.4 Å². The minimum atomic E-state index is -0.317. The fourth-order valence-electron chi connectivity index (χ4n) is 1.85. The van der Waals surface area contributed by atoms with Crippen molar-refractivity contribution in [2.45, 2.75) is 33.6 Å². The molecule has 0 radical (unpaired) electrons. The van der Waals surface area contributed by atoms with Gasteiger partial charge in [0.25, 0.3) is 0 Å². The maximum absolute atomic E-state index is 11.7. The molecule has 1 heterocycles. The molecule has 16 heavy (non-hydrogen) atoms. The van der Waals surface area contributed by atoms with Crippen LogP contribution < -0.4 is 5.32 Å². The molecular weight excluding hydrogens is 200 g/mol. The molecule has 0 aromatic carbocycles. The third kappa shape index (κ3) is 2.52. The molecule has 0 saturated heterocycles. The zero-order valence-electron chi connectivity index (χ0n) is 10.3. The number of rotatable bonds is 3. The summed E-state index contributed by atoms with van der Waals surface area (Å²) in [6.07, 6.45) is 4.78. The van der Waals surface area contributed by atoms with Gasteiger partial charge in [-0.25, -0.2) is 0 Å². The zero-order chi connectivity index (χ0) is 11.8. The van der Waals surface area contributed by atoms with E-state index < -0.39 is 0 Å². The Balaban J connectivity index is 1.87. The highest BCUT2D eigenvalue weighted by molar-refractivity contribution is 6.05. The van der Waals surface area contributed by atoms with E-state index in [0.29, 0.717) is 6.54 Å². The van der Waals surface area contributed by atoms with Gasteiger partial charge in [-0.3, -0.25) is 9.79 Å². The molecule has 1 saturated carbocycles. The minimum Gasteiger partial charge on any atom is -0.350 e. The number of nitrogens with one attached hydrogen (secondary N) is 1. The van der Waals surface area contributed by atoms with Crippen LogP contribution in [0.15, 0.2) is 16.6 Å². The van der Waals surface area contributed by atoms with Crippen LogP contribution in [-0.4, -0.2) is 24.7 Å². The molecule has 0 atom stereocenters. The molecule has 1 aliphatic carbocycles. The van der Waals surface area contributed by atoms with Crippen LogP contribution in [0.3, 0.4) is 0 Å². The Bertz CT molecular complexity index is 357. The van der Waals surface area contributed by atoms with Gasteiger partial charge in [0.2, 0.25) is 5.91 Å². The van der Waals surface area contributed by atoms with E-state index in [2.05, 4.69) is 16.4 Å². The molecule has 0 spiro atoms. The van der Waals surface area contributed by atoms with E-state index in [1.54, 1.807) is 0 Å². The molecule has 1 amide bonds. The second-order valence-electron chi connectivity index (χ2n) is 5.65. The van der Waals surface area contributed by atoms with Crippen molar-refractivity contribution in [3.05, 3.63) is 11.6 Å². The lowest BCUT2D eigenvalue weighted by Crippen LogP contribution is -2.38. The van der Waals surface area contributed by atoms with Crippen molar-refractivity contribution < 1.29 is 4.79 Å². The van der Waals surface area contributed by atoms with Gasteiger partial charge in [0.1, 0.15) is 0 Å². The van der Waals surface area contributed by atoms with Gasteiger partial charge in [0.05, 0.1) is 18.8 Å². The Morgan fingerprint density at radius 2 is 2.19 bits per heavy atom. The monoisotopic (exact) mass is 220 g/mol. The maximum atomic E-state index is 11.7. The Kier molecular flexibility index (Phi) is 2.87. The minimum absolute atomic E-state index is 0.0947. The summed E-state index contributed by atoms with van der Waals surface area (Å²) in [5.41, 5.74) is 2.16. The van der Waals surface area contributed by atoms with E-state index in [1.807, 2.05) is 20.8 Å². The lowest BCUT2D eigenvalue weighted by atomic mass is 9.95. The van der Waals surface area contributed by atoms with Crippen LogP contribution in [0.4, 0.5) is 0 Å². The number of hydrogen-bond donors (Lipinski definition) is 1. The molecule has 2 rings (SSSR count). The van der Waals surface area contributed by atoms with Crippen LogP contribution in [-0.2, 0) is 4.79 Å². The summed E-state index contributed by atoms with van der Waals surface area (Å²) in [5, 5.41) is 2.97. The largest absolute Gasteiger partial charge is 0.350 e. The predicted molar refractivity (Wildman–Crippen MR) is 65.6 cm³/mol. The van der Waals surface area contributed by atoms with Crippen LogP contribution in [0.5, 0.6) is 0 Å². The fraction of sp³-hybridized carbons (Fsp3) is 0.692. The molecule has 1 N–H and O–H groups in total. The highest BCUT2D eigenvalue weighted by atomic mass is 16.2. The normalized spacial score (nSPS) is 20.4. The molecule has 88 valence electrons. The van der Waals surface area contributed by atoms with E-state index in [0.717, 1.165) is 18.2 Å². The number of carbonyl (C=O) groups is 1. The molecule has 3 heteroatoms. The van der Waals surface area contributed by atoms with Crippen molar-refractivity contribution in [2.75, 3.05) is 13.1 Å². The first-order valence-corrected chi connectivity index (χ1v) is 6.00. The Morgan fingerprint density at radius 1 is 1.50 bits per heavy atom. The lowest BCUT2D eigenvalue weighted by molar-refractivity contribution is -0.128. The van der Waals surface area contributed by atoms with Crippen LogP contribution in [0.2, 0.25) is 0 Å². The SMILES string of the molecule is CC(C)(C)C(=O)NCC1=NCC=C1C1CC1. The summed E-state index contributed by atoms with van der Waals surface area (Å²) in [7, 11) is 0. The van der Waals surface area contributed by atoms with Gasteiger partial charge in [-0.15, -0.1) is 0 Å². The van der Waals surface area contributed by atoms with Crippen molar-refractivity contribution in [3.8, 4) is 0 Å². The van der Waals surface area contributed by atoms with Crippen LogP contribution in [0.1, 0.15) is 33.6 Å². The number of aliphatic imine (C=N–C) groups is 1. The van der Waals surface area contributed by atoms with Crippen molar-refractivity contribution in [2.24, 2.45) is 16.3 Å². The van der Waals surface area contributed by atoms with Crippen molar-refractivity contribution in [3.63, 3.8) is 0 Å². The number of hydrogen-bond acceptors (Lipinski definition) is 2. The summed E-state index contributed by atoms with van der Waals surface area (Å²) in [6.45, 7) is 7.17. The molecule has 3 nitrogen and oxygen atoms in total. The summed E-state index contributed by atoms with van der Waals surface area (Å²) >= 11 is 0. The molecule has 1 aliphatic heterocycles. The third-order valence-corrected chi connectivity index (χ3v) is 3.04. The number of nitrogens with zero attached hydrogens (tertiary/aromatic N) is 1. The smallest absolute Gasteiger partial charge is 0.225 e. The quantitative estimate of drug-likeness (QED) is 0.776. The Hall–Kier alpha value is -1.12. The highest BCUT2D eigenvalue weighted by Gasteiger charge is 2.30. The highest BCUT2D eigenvalue weighted by Crippen LogP contribution is 2.38. The van der Waals surface area contributed by atoms with Crippen molar-refractivity contribution >= 4 is 11.6 Å².